The first kappa shape index (κ1) is 18.3. The number of allylic oxidation sites excluding steroid dienone is 1. The fourth-order valence-corrected chi connectivity index (χ4v) is 3.70. The highest BCUT2D eigenvalue weighted by atomic mass is 32.2. The molecule has 3 rings (SSSR count). The SMILES string of the molecule is C=CCn1c(SCC(=O)Nc2nnc(C)s2)nnc1-c1ccccc1C. The van der Waals surface area contributed by atoms with E-state index < -0.39 is 0 Å². The van der Waals surface area contributed by atoms with Crippen LogP contribution < -0.4 is 5.32 Å². The van der Waals surface area contributed by atoms with Crippen LogP contribution in [0.1, 0.15) is 10.6 Å². The van der Waals surface area contributed by atoms with E-state index in [4.69, 9.17) is 0 Å². The van der Waals surface area contributed by atoms with Crippen LogP contribution in [0.5, 0.6) is 0 Å². The van der Waals surface area contributed by atoms with Gasteiger partial charge in [0.1, 0.15) is 5.01 Å². The number of amides is 1. The van der Waals surface area contributed by atoms with Gasteiger partial charge in [-0.3, -0.25) is 14.7 Å². The van der Waals surface area contributed by atoms with E-state index >= 15 is 0 Å². The summed E-state index contributed by atoms with van der Waals surface area (Å²) in [7, 11) is 0. The van der Waals surface area contributed by atoms with Crippen LogP contribution in [0.25, 0.3) is 11.4 Å². The molecule has 0 unspecified atom stereocenters. The zero-order valence-corrected chi connectivity index (χ0v) is 16.1. The number of rotatable bonds is 7. The van der Waals surface area contributed by atoms with E-state index in [0.29, 0.717) is 16.8 Å². The van der Waals surface area contributed by atoms with Crippen LogP contribution in [0, 0.1) is 13.8 Å². The van der Waals surface area contributed by atoms with Gasteiger partial charge >= 0.3 is 0 Å². The molecule has 1 aromatic carbocycles. The van der Waals surface area contributed by atoms with Crippen LogP contribution in [0.2, 0.25) is 0 Å². The number of carbonyl (C=O) groups is 1. The second-order valence-corrected chi connectivity index (χ2v) is 7.61. The molecule has 26 heavy (non-hydrogen) atoms. The molecule has 0 saturated heterocycles. The van der Waals surface area contributed by atoms with Gasteiger partial charge in [0, 0.05) is 12.1 Å². The van der Waals surface area contributed by atoms with Crippen molar-refractivity contribution >= 4 is 34.1 Å². The molecule has 0 aliphatic heterocycles. The molecule has 2 aromatic heterocycles. The molecule has 0 radical (unpaired) electrons. The third-order valence-corrected chi connectivity index (χ3v) is 5.24. The van der Waals surface area contributed by atoms with E-state index in [-0.39, 0.29) is 11.7 Å². The standard InChI is InChI=1S/C17H18N6OS2/c1-4-9-23-15(13-8-6-5-7-11(13)2)20-22-17(23)25-10-14(24)18-16-21-19-12(3)26-16/h4-8H,1,9-10H2,2-3H3,(H,18,21,24). The fraction of sp³-hybridized carbons (Fsp3) is 0.235. The third kappa shape index (κ3) is 4.17. The maximum Gasteiger partial charge on any atom is 0.236 e. The first-order valence-electron chi connectivity index (χ1n) is 7.91. The third-order valence-electron chi connectivity index (χ3n) is 3.52. The molecule has 1 amide bonds. The zero-order chi connectivity index (χ0) is 18.5. The number of thioether (sulfide) groups is 1. The molecule has 7 nitrogen and oxygen atoms in total. The molecule has 0 saturated carbocycles. The molecule has 0 bridgehead atoms. The molecule has 2 heterocycles. The summed E-state index contributed by atoms with van der Waals surface area (Å²) in [6.07, 6.45) is 1.79. The quantitative estimate of drug-likeness (QED) is 0.495. The van der Waals surface area contributed by atoms with Crippen molar-refractivity contribution in [2.45, 2.75) is 25.5 Å². The Bertz CT molecular complexity index is 933. The van der Waals surface area contributed by atoms with Crippen LogP contribution in [-0.2, 0) is 11.3 Å². The maximum absolute atomic E-state index is 12.1. The van der Waals surface area contributed by atoms with Gasteiger partial charge in [0.25, 0.3) is 0 Å². The number of benzene rings is 1. The highest BCUT2D eigenvalue weighted by Gasteiger charge is 2.16. The fourth-order valence-electron chi connectivity index (χ4n) is 2.34. The van der Waals surface area contributed by atoms with E-state index in [9.17, 15) is 4.79 Å². The monoisotopic (exact) mass is 386 g/mol. The van der Waals surface area contributed by atoms with Crippen LogP contribution in [0.3, 0.4) is 0 Å². The van der Waals surface area contributed by atoms with Crippen molar-refractivity contribution in [3.05, 3.63) is 47.5 Å². The number of nitrogens with one attached hydrogen (secondary N) is 1. The summed E-state index contributed by atoms with van der Waals surface area (Å²) >= 11 is 2.67. The summed E-state index contributed by atoms with van der Waals surface area (Å²) in [6.45, 7) is 8.25. The lowest BCUT2D eigenvalue weighted by atomic mass is 10.1. The van der Waals surface area contributed by atoms with E-state index in [0.717, 1.165) is 22.0 Å². The summed E-state index contributed by atoms with van der Waals surface area (Å²) in [5.74, 6) is 0.823. The van der Waals surface area contributed by atoms with Gasteiger partial charge in [0.2, 0.25) is 11.0 Å². The molecular weight excluding hydrogens is 368 g/mol. The van der Waals surface area contributed by atoms with Gasteiger partial charge in [-0.2, -0.15) is 0 Å². The molecule has 134 valence electrons. The van der Waals surface area contributed by atoms with Crippen LogP contribution in [0.4, 0.5) is 5.13 Å². The van der Waals surface area contributed by atoms with Crippen LogP contribution in [-0.4, -0.2) is 36.6 Å². The lowest BCUT2D eigenvalue weighted by molar-refractivity contribution is -0.113. The van der Waals surface area contributed by atoms with E-state index in [1.165, 1.54) is 23.1 Å². The molecule has 9 heteroatoms. The minimum atomic E-state index is -0.156. The van der Waals surface area contributed by atoms with Gasteiger partial charge < -0.3 is 0 Å². The Labute approximate surface area is 159 Å². The van der Waals surface area contributed by atoms with Gasteiger partial charge in [-0.15, -0.1) is 27.0 Å². The lowest BCUT2D eigenvalue weighted by Crippen LogP contribution is -2.14. The highest BCUT2D eigenvalue weighted by molar-refractivity contribution is 7.99. The minimum Gasteiger partial charge on any atom is -0.300 e. The zero-order valence-electron chi connectivity index (χ0n) is 14.5. The number of anilines is 1. The minimum absolute atomic E-state index is 0.156. The molecule has 0 aliphatic rings. The van der Waals surface area contributed by atoms with Crippen molar-refractivity contribution in [1.82, 2.24) is 25.0 Å². The molecule has 0 spiro atoms. The summed E-state index contributed by atoms with van der Waals surface area (Å²) in [5, 5.41) is 21.1. The molecule has 0 atom stereocenters. The van der Waals surface area contributed by atoms with E-state index in [1.807, 2.05) is 42.7 Å². The Kier molecular flexibility index (Phi) is 5.79. The second kappa shape index (κ2) is 8.24. The van der Waals surface area contributed by atoms with E-state index in [1.54, 1.807) is 6.08 Å². The topological polar surface area (TPSA) is 85.6 Å². The maximum atomic E-state index is 12.1. The summed E-state index contributed by atoms with van der Waals surface area (Å²) < 4.78 is 1.96. The van der Waals surface area contributed by atoms with E-state index in [2.05, 4.69) is 32.3 Å². The Morgan fingerprint density at radius 2 is 2.08 bits per heavy atom. The molecule has 3 aromatic rings. The van der Waals surface area contributed by atoms with Crippen molar-refractivity contribution in [1.29, 1.82) is 0 Å². The number of hydrogen-bond donors (Lipinski definition) is 1. The number of aromatic nitrogens is 5. The molecule has 1 N–H and O–H groups in total. The Morgan fingerprint density at radius 1 is 1.27 bits per heavy atom. The highest BCUT2D eigenvalue weighted by Crippen LogP contribution is 2.26. The largest absolute Gasteiger partial charge is 0.300 e. The molecule has 0 aliphatic carbocycles. The average Bonchev–Trinajstić information content (AvgIpc) is 3.20. The number of aryl methyl sites for hydroxylation is 2. The Morgan fingerprint density at radius 3 is 2.77 bits per heavy atom. The normalized spacial score (nSPS) is 10.7. The summed E-state index contributed by atoms with van der Waals surface area (Å²) in [5.41, 5.74) is 2.13. The van der Waals surface area contributed by atoms with Crippen molar-refractivity contribution in [2.24, 2.45) is 0 Å². The van der Waals surface area contributed by atoms with Gasteiger partial charge in [0.05, 0.1) is 5.75 Å². The van der Waals surface area contributed by atoms with Crippen molar-refractivity contribution in [3.8, 4) is 11.4 Å². The first-order chi connectivity index (χ1) is 12.6. The molecule has 0 fully saturated rings. The lowest BCUT2D eigenvalue weighted by Gasteiger charge is -2.09. The number of carbonyl (C=O) groups excluding carboxylic acids is 1. The van der Waals surface area contributed by atoms with Gasteiger partial charge in [0.15, 0.2) is 11.0 Å². The van der Waals surface area contributed by atoms with Gasteiger partial charge in [-0.1, -0.05) is 53.4 Å². The van der Waals surface area contributed by atoms with Crippen LogP contribution >= 0.6 is 23.1 Å². The smallest absolute Gasteiger partial charge is 0.236 e. The first-order valence-corrected chi connectivity index (χ1v) is 9.71. The van der Waals surface area contributed by atoms with Gasteiger partial charge in [-0.25, -0.2) is 0 Å². The number of hydrogen-bond acceptors (Lipinski definition) is 7. The van der Waals surface area contributed by atoms with Crippen molar-refractivity contribution in [3.63, 3.8) is 0 Å². The predicted molar refractivity (Wildman–Crippen MR) is 104 cm³/mol. The van der Waals surface area contributed by atoms with Crippen LogP contribution in [0.15, 0.2) is 42.1 Å². The second-order valence-electron chi connectivity index (χ2n) is 5.48. The van der Waals surface area contributed by atoms with Gasteiger partial charge in [-0.05, 0) is 19.4 Å². The summed E-state index contributed by atoms with van der Waals surface area (Å²) in [4.78, 5) is 12.1. The molecular formula is C17H18N6OS2. The predicted octanol–water partition coefficient (Wildman–Crippen LogP) is 3.33. The van der Waals surface area contributed by atoms with Crippen molar-refractivity contribution in [2.75, 3.05) is 11.1 Å². The average molecular weight is 387 g/mol. The van der Waals surface area contributed by atoms with Crippen molar-refractivity contribution < 1.29 is 4.79 Å². The number of nitrogens with zero attached hydrogens (tertiary/aromatic N) is 5. The Hall–Kier alpha value is -2.52. The summed E-state index contributed by atoms with van der Waals surface area (Å²) in [6, 6.07) is 8.01. The Balaban J connectivity index is 1.74.